The average Bonchev–Trinajstić information content (AvgIpc) is 2.90. The lowest BCUT2D eigenvalue weighted by molar-refractivity contribution is -0.120. The molecule has 120 valence electrons. The third-order valence-electron chi connectivity index (χ3n) is 4.17. The molecule has 1 fully saturated rings. The Kier molecular flexibility index (Phi) is 4.66. The zero-order valence-corrected chi connectivity index (χ0v) is 14.3. The molecule has 5 heteroatoms. The fraction of sp³-hybridized carbons (Fsp3) is 0.278. The molecule has 1 saturated heterocycles. The van der Waals surface area contributed by atoms with Crippen LogP contribution in [0.25, 0.3) is 0 Å². The molecule has 0 aliphatic carbocycles. The van der Waals surface area contributed by atoms with Crippen LogP contribution in [0.15, 0.2) is 46.9 Å². The Morgan fingerprint density at radius 3 is 2.70 bits per heavy atom. The van der Waals surface area contributed by atoms with Crippen molar-refractivity contribution in [1.29, 1.82) is 0 Å². The van der Waals surface area contributed by atoms with E-state index in [9.17, 15) is 9.18 Å². The summed E-state index contributed by atoms with van der Waals surface area (Å²) in [6, 6.07) is 12.5. The standard InChI is InChI=1S/C18H17BrFNO2/c1-23-17-12(3-2-4-16(17)20)11-13-9-10-21(18(13)22)15-7-5-14(19)6-8-15/h2-8,13H,9-11H2,1H3. The van der Waals surface area contributed by atoms with Crippen molar-refractivity contribution in [3.8, 4) is 5.75 Å². The fourth-order valence-electron chi connectivity index (χ4n) is 3.01. The van der Waals surface area contributed by atoms with Crippen LogP contribution in [0.2, 0.25) is 0 Å². The lowest BCUT2D eigenvalue weighted by atomic mass is 9.97. The molecule has 1 amide bonds. The van der Waals surface area contributed by atoms with Crippen LogP contribution in [0.3, 0.4) is 0 Å². The molecule has 3 rings (SSSR count). The molecule has 0 aromatic heterocycles. The number of carbonyl (C=O) groups is 1. The number of amides is 1. The van der Waals surface area contributed by atoms with Crippen LogP contribution in [0.4, 0.5) is 10.1 Å². The quantitative estimate of drug-likeness (QED) is 0.799. The Balaban J connectivity index is 1.77. The van der Waals surface area contributed by atoms with E-state index in [2.05, 4.69) is 15.9 Å². The number of carbonyl (C=O) groups excluding carboxylic acids is 1. The second kappa shape index (κ2) is 6.71. The molecule has 2 aromatic carbocycles. The van der Waals surface area contributed by atoms with Crippen LogP contribution >= 0.6 is 15.9 Å². The first-order valence-electron chi connectivity index (χ1n) is 7.48. The predicted molar refractivity (Wildman–Crippen MR) is 91.3 cm³/mol. The number of halogens is 2. The van der Waals surface area contributed by atoms with Crippen molar-refractivity contribution in [1.82, 2.24) is 0 Å². The first kappa shape index (κ1) is 16.0. The Morgan fingerprint density at radius 1 is 1.26 bits per heavy atom. The van der Waals surface area contributed by atoms with Gasteiger partial charge in [-0.1, -0.05) is 28.1 Å². The summed E-state index contributed by atoms with van der Waals surface area (Å²) >= 11 is 3.40. The minimum atomic E-state index is -0.389. The molecular formula is C18H17BrFNO2. The molecule has 1 aliphatic rings. The molecule has 23 heavy (non-hydrogen) atoms. The Bertz CT molecular complexity index is 717. The molecule has 0 saturated carbocycles. The van der Waals surface area contributed by atoms with E-state index in [1.807, 2.05) is 30.3 Å². The third-order valence-corrected chi connectivity index (χ3v) is 4.70. The molecule has 1 unspecified atom stereocenters. The Labute approximate surface area is 143 Å². The van der Waals surface area contributed by atoms with E-state index in [4.69, 9.17) is 4.74 Å². The summed E-state index contributed by atoms with van der Waals surface area (Å²) in [5, 5.41) is 0. The first-order chi connectivity index (χ1) is 11.1. The molecule has 1 atom stereocenters. The van der Waals surface area contributed by atoms with Gasteiger partial charge < -0.3 is 9.64 Å². The number of para-hydroxylation sites is 1. The summed E-state index contributed by atoms with van der Waals surface area (Å²) in [5.74, 6) is -0.212. The zero-order chi connectivity index (χ0) is 16.4. The van der Waals surface area contributed by atoms with Crippen molar-refractivity contribution in [3.05, 3.63) is 58.3 Å². The summed E-state index contributed by atoms with van der Waals surface area (Å²) < 4.78 is 19.9. The zero-order valence-electron chi connectivity index (χ0n) is 12.8. The molecule has 0 N–H and O–H groups in total. The van der Waals surface area contributed by atoms with Crippen LogP contribution < -0.4 is 9.64 Å². The number of anilines is 1. The number of hydrogen-bond acceptors (Lipinski definition) is 2. The number of ether oxygens (including phenoxy) is 1. The minimum Gasteiger partial charge on any atom is -0.493 e. The van der Waals surface area contributed by atoms with Crippen molar-refractivity contribution in [2.45, 2.75) is 12.8 Å². The van der Waals surface area contributed by atoms with Crippen LogP contribution in [0.5, 0.6) is 5.75 Å². The van der Waals surface area contributed by atoms with E-state index in [1.54, 1.807) is 11.0 Å². The molecule has 3 nitrogen and oxygen atoms in total. The van der Waals surface area contributed by atoms with Gasteiger partial charge in [0.25, 0.3) is 0 Å². The summed E-state index contributed by atoms with van der Waals surface area (Å²) in [6.07, 6.45) is 1.25. The Morgan fingerprint density at radius 2 is 2.00 bits per heavy atom. The van der Waals surface area contributed by atoms with Gasteiger partial charge in [-0.05, 0) is 48.7 Å². The van der Waals surface area contributed by atoms with Gasteiger partial charge in [0.15, 0.2) is 11.6 Å². The van der Waals surface area contributed by atoms with E-state index in [0.29, 0.717) is 13.0 Å². The van der Waals surface area contributed by atoms with Gasteiger partial charge in [0.05, 0.1) is 7.11 Å². The minimum absolute atomic E-state index is 0.0821. The highest BCUT2D eigenvalue weighted by molar-refractivity contribution is 9.10. The fourth-order valence-corrected chi connectivity index (χ4v) is 3.28. The van der Waals surface area contributed by atoms with Gasteiger partial charge in [-0.3, -0.25) is 4.79 Å². The van der Waals surface area contributed by atoms with Gasteiger partial charge >= 0.3 is 0 Å². The highest BCUT2D eigenvalue weighted by atomic mass is 79.9. The van der Waals surface area contributed by atoms with E-state index in [0.717, 1.165) is 22.1 Å². The first-order valence-corrected chi connectivity index (χ1v) is 8.28. The van der Waals surface area contributed by atoms with Crippen molar-refractivity contribution < 1.29 is 13.9 Å². The van der Waals surface area contributed by atoms with Crippen LogP contribution in [-0.4, -0.2) is 19.6 Å². The van der Waals surface area contributed by atoms with Gasteiger partial charge in [-0.25, -0.2) is 4.39 Å². The number of hydrogen-bond donors (Lipinski definition) is 0. The lowest BCUT2D eigenvalue weighted by Crippen LogP contribution is -2.27. The smallest absolute Gasteiger partial charge is 0.230 e. The van der Waals surface area contributed by atoms with Crippen LogP contribution in [-0.2, 0) is 11.2 Å². The summed E-state index contributed by atoms with van der Waals surface area (Å²) in [7, 11) is 1.45. The van der Waals surface area contributed by atoms with Gasteiger partial charge in [-0.2, -0.15) is 0 Å². The van der Waals surface area contributed by atoms with E-state index < -0.39 is 0 Å². The van der Waals surface area contributed by atoms with Crippen molar-refractivity contribution >= 4 is 27.5 Å². The lowest BCUT2D eigenvalue weighted by Gasteiger charge is -2.17. The summed E-state index contributed by atoms with van der Waals surface area (Å²) in [5.41, 5.74) is 1.63. The topological polar surface area (TPSA) is 29.5 Å². The van der Waals surface area contributed by atoms with Crippen molar-refractivity contribution in [3.63, 3.8) is 0 Å². The maximum atomic E-state index is 13.8. The van der Waals surface area contributed by atoms with E-state index in [1.165, 1.54) is 13.2 Å². The van der Waals surface area contributed by atoms with Crippen molar-refractivity contribution in [2.24, 2.45) is 5.92 Å². The second-order valence-electron chi connectivity index (χ2n) is 5.59. The van der Waals surface area contributed by atoms with Gasteiger partial charge in [-0.15, -0.1) is 0 Å². The monoisotopic (exact) mass is 377 g/mol. The third kappa shape index (κ3) is 3.24. The summed E-state index contributed by atoms with van der Waals surface area (Å²) in [6.45, 7) is 0.683. The van der Waals surface area contributed by atoms with Gasteiger partial charge in [0, 0.05) is 22.6 Å². The number of nitrogens with zero attached hydrogens (tertiary/aromatic N) is 1. The Hall–Kier alpha value is -1.88. The van der Waals surface area contributed by atoms with E-state index in [-0.39, 0.29) is 23.4 Å². The largest absolute Gasteiger partial charge is 0.493 e. The highest BCUT2D eigenvalue weighted by Crippen LogP contribution is 2.31. The van der Waals surface area contributed by atoms with Gasteiger partial charge in [0.2, 0.25) is 5.91 Å². The molecular weight excluding hydrogens is 361 g/mol. The average molecular weight is 378 g/mol. The number of rotatable bonds is 4. The SMILES string of the molecule is COc1c(F)cccc1CC1CCN(c2ccc(Br)cc2)C1=O. The maximum Gasteiger partial charge on any atom is 0.230 e. The number of benzene rings is 2. The highest BCUT2D eigenvalue weighted by Gasteiger charge is 2.33. The molecule has 0 spiro atoms. The normalized spacial score (nSPS) is 17.6. The molecule has 0 radical (unpaired) electrons. The van der Waals surface area contributed by atoms with Crippen LogP contribution in [0, 0.1) is 11.7 Å². The molecule has 1 aliphatic heterocycles. The number of methoxy groups -OCH3 is 1. The second-order valence-corrected chi connectivity index (χ2v) is 6.50. The van der Waals surface area contributed by atoms with Gasteiger partial charge in [0.1, 0.15) is 0 Å². The molecule has 2 aromatic rings. The summed E-state index contributed by atoms with van der Waals surface area (Å²) in [4.78, 5) is 14.5. The maximum absolute atomic E-state index is 13.8. The van der Waals surface area contributed by atoms with E-state index >= 15 is 0 Å². The molecule has 1 heterocycles. The predicted octanol–water partition coefficient (Wildman–Crippen LogP) is 4.19. The van der Waals surface area contributed by atoms with Crippen molar-refractivity contribution in [2.75, 3.05) is 18.6 Å². The molecule has 0 bridgehead atoms. The van der Waals surface area contributed by atoms with Crippen LogP contribution in [0.1, 0.15) is 12.0 Å².